The van der Waals surface area contributed by atoms with Gasteiger partial charge < -0.3 is 19.8 Å². The van der Waals surface area contributed by atoms with E-state index in [4.69, 9.17) is 19.8 Å². The van der Waals surface area contributed by atoms with E-state index in [1.54, 1.807) is 6.07 Å². The Kier molecular flexibility index (Phi) is 5.58. The number of hydrogen-bond acceptors (Lipinski definition) is 5. The minimum atomic E-state index is -2.39. The zero-order valence-corrected chi connectivity index (χ0v) is 19.1. The topological polar surface area (TPSA) is 66.1 Å². The van der Waals surface area contributed by atoms with Crippen molar-refractivity contribution in [1.29, 1.82) is 0 Å². The van der Waals surface area contributed by atoms with Crippen LogP contribution < -0.4 is 11.2 Å². The van der Waals surface area contributed by atoms with Crippen molar-refractivity contribution in [2.45, 2.75) is 64.2 Å². The molecule has 0 bridgehead atoms. The van der Waals surface area contributed by atoms with E-state index in [0.717, 1.165) is 22.2 Å². The SMILES string of the molecule is Cc1cc(C2(c3cccc(B4OC(C)(C)C(C)(C)O4)c3)COC(N)=N2)ccc1CC(F)F. The average molecular weight is 442 g/mol. The number of nitrogens with two attached hydrogens (primary N) is 1. The Hall–Kier alpha value is -2.45. The molecule has 2 aliphatic rings. The molecule has 2 aromatic rings. The fraction of sp³-hybridized carbons (Fsp3) is 0.458. The first-order chi connectivity index (χ1) is 14.9. The summed E-state index contributed by atoms with van der Waals surface area (Å²) in [5.74, 6) is 0. The Balaban J connectivity index is 1.75. The fourth-order valence-corrected chi connectivity index (χ4v) is 4.16. The molecule has 2 heterocycles. The molecule has 0 aliphatic carbocycles. The third-order valence-corrected chi connectivity index (χ3v) is 6.81. The number of hydrogen-bond donors (Lipinski definition) is 1. The predicted octanol–water partition coefficient (Wildman–Crippen LogP) is 3.69. The van der Waals surface area contributed by atoms with Crippen LogP contribution in [0.15, 0.2) is 47.5 Å². The summed E-state index contributed by atoms with van der Waals surface area (Å²) < 4.78 is 43.8. The van der Waals surface area contributed by atoms with Gasteiger partial charge in [-0.2, -0.15) is 0 Å². The Labute approximate surface area is 188 Å². The van der Waals surface area contributed by atoms with Crippen LogP contribution in [0.25, 0.3) is 0 Å². The van der Waals surface area contributed by atoms with Gasteiger partial charge in [0.2, 0.25) is 6.43 Å². The van der Waals surface area contributed by atoms with Crippen LogP contribution in [0.3, 0.4) is 0 Å². The number of halogens is 2. The fourth-order valence-electron chi connectivity index (χ4n) is 4.16. The zero-order valence-electron chi connectivity index (χ0n) is 19.1. The molecule has 170 valence electrons. The van der Waals surface area contributed by atoms with Crippen molar-refractivity contribution >= 4 is 18.6 Å². The van der Waals surface area contributed by atoms with Crippen LogP contribution in [-0.4, -0.2) is 37.4 Å². The normalized spacial score (nSPS) is 24.0. The summed E-state index contributed by atoms with van der Waals surface area (Å²) in [5.41, 5.74) is 8.10. The number of nitrogens with zero attached hydrogens (tertiary/aromatic N) is 1. The Morgan fingerprint density at radius 2 is 1.69 bits per heavy atom. The van der Waals surface area contributed by atoms with Crippen molar-refractivity contribution in [3.05, 3.63) is 64.7 Å². The third-order valence-electron chi connectivity index (χ3n) is 6.81. The molecular weight excluding hydrogens is 413 g/mol. The summed E-state index contributed by atoms with van der Waals surface area (Å²) in [5, 5.41) is 0. The van der Waals surface area contributed by atoms with Crippen LogP contribution in [0.5, 0.6) is 0 Å². The van der Waals surface area contributed by atoms with Crippen molar-refractivity contribution in [3.8, 4) is 0 Å². The molecule has 4 rings (SSSR count). The first kappa shape index (κ1) is 22.7. The van der Waals surface area contributed by atoms with E-state index in [2.05, 4.69) is 4.99 Å². The number of aryl methyl sites for hydroxylation is 1. The average Bonchev–Trinajstić information content (AvgIpc) is 3.20. The summed E-state index contributed by atoms with van der Waals surface area (Å²) in [7, 11) is -0.518. The smallest absolute Gasteiger partial charge is 0.462 e. The molecule has 8 heteroatoms. The Bertz CT molecular complexity index is 1040. The van der Waals surface area contributed by atoms with Gasteiger partial charge in [0.25, 0.3) is 6.02 Å². The summed E-state index contributed by atoms with van der Waals surface area (Å²) in [6, 6.07) is 13.4. The van der Waals surface area contributed by atoms with E-state index in [1.807, 2.05) is 71.0 Å². The van der Waals surface area contributed by atoms with E-state index in [9.17, 15) is 8.78 Å². The molecule has 1 fully saturated rings. The number of ether oxygens (including phenoxy) is 1. The van der Waals surface area contributed by atoms with E-state index in [-0.39, 0.29) is 19.0 Å². The van der Waals surface area contributed by atoms with Gasteiger partial charge in [-0.05, 0) is 62.3 Å². The van der Waals surface area contributed by atoms with Crippen LogP contribution in [0.1, 0.15) is 49.9 Å². The van der Waals surface area contributed by atoms with Crippen molar-refractivity contribution in [2.75, 3.05) is 6.61 Å². The number of rotatable bonds is 5. The summed E-state index contributed by atoms with van der Waals surface area (Å²) >= 11 is 0. The molecule has 1 saturated heterocycles. The van der Waals surface area contributed by atoms with Gasteiger partial charge in [-0.25, -0.2) is 13.8 Å². The van der Waals surface area contributed by atoms with Gasteiger partial charge in [0, 0.05) is 6.42 Å². The van der Waals surface area contributed by atoms with Crippen LogP contribution in [0.2, 0.25) is 0 Å². The van der Waals surface area contributed by atoms with Gasteiger partial charge in [-0.3, -0.25) is 0 Å². The van der Waals surface area contributed by atoms with Gasteiger partial charge in [0.15, 0.2) is 0 Å². The van der Waals surface area contributed by atoms with Crippen LogP contribution in [-0.2, 0) is 26.0 Å². The van der Waals surface area contributed by atoms with Crippen molar-refractivity contribution in [2.24, 2.45) is 10.7 Å². The Morgan fingerprint density at radius 3 is 2.25 bits per heavy atom. The maximum Gasteiger partial charge on any atom is 0.494 e. The molecule has 0 aromatic heterocycles. The minimum Gasteiger partial charge on any atom is -0.462 e. The summed E-state index contributed by atoms with van der Waals surface area (Å²) in [4.78, 5) is 4.66. The molecule has 1 unspecified atom stereocenters. The first-order valence-electron chi connectivity index (χ1n) is 10.8. The van der Waals surface area contributed by atoms with E-state index >= 15 is 0 Å². The largest absolute Gasteiger partial charge is 0.494 e. The maximum atomic E-state index is 12.9. The van der Waals surface area contributed by atoms with Gasteiger partial charge >= 0.3 is 7.12 Å². The highest BCUT2D eigenvalue weighted by Crippen LogP contribution is 2.39. The zero-order chi connectivity index (χ0) is 23.3. The lowest BCUT2D eigenvalue weighted by Crippen LogP contribution is -2.41. The van der Waals surface area contributed by atoms with E-state index < -0.39 is 30.3 Å². The van der Waals surface area contributed by atoms with Crippen LogP contribution in [0.4, 0.5) is 8.78 Å². The molecule has 2 aromatic carbocycles. The molecule has 0 spiro atoms. The monoisotopic (exact) mass is 442 g/mol. The van der Waals surface area contributed by atoms with Gasteiger partial charge in [0.05, 0.1) is 11.2 Å². The van der Waals surface area contributed by atoms with Crippen molar-refractivity contribution in [3.63, 3.8) is 0 Å². The van der Waals surface area contributed by atoms with Gasteiger partial charge in [-0.1, -0.05) is 42.5 Å². The highest BCUT2D eigenvalue weighted by atomic mass is 19.3. The predicted molar refractivity (Wildman–Crippen MR) is 121 cm³/mol. The van der Waals surface area contributed by atoms with Crippen molar-refractivity contribution in [1.82, 2.24) is 0 Å². The Morgan fingerprint density at radius 1 is 1.03 bits per heavy atom. The molecule has 0 saturated carbocycles. The molecule has 0 amide bonds. The molecule has 5 nitrogen and oxygen atoms in total. The second-order valence-corrected chi connectivity index (χ2v) is 9.55. The molecule has 0 radical (unpaired) electrons. The third kappa shape index (κ3) is 3.90. The molecule has 1 atom stereocenters. The van der Waals surface area contributed by atoms with E-state index in [1.165, 1.54) is 0 Å². The lowest BCUT2D eigenvalue weighted by atomic mass is 9.75. The second kappa shape index (κ2) is 7.85. The lowest BCUT2D eigenvalue weighted by molar-refractivity contribution is 0.00578. The lowest BCUT2D eigenvalue weighted by Gasteiger charge is -2.32. The highest BCUT2D eigenvalue weighted by Gasteiger charge is 2.52. The van der Waals surface area contributed by atoms with Gasteiger partial charge in [-0.15, -0.1) is 0 Å². The molecular formula is C24H29BF2N2O3. The number of aliphatic imine (C=N–C) groups is 1. The van der Waals surface area contributed by atoms with Crippen LogP contribution in [0, 0.1) is 6.92 Å². The number of alkyl halides is 2. The molecule has 32 heavy (non-hydrogen) atoms. The number of amidine groups is 1. The standard InChI is InChI=1S/C24H29BF2N2O3/c1-15-11-18(10-9-16(15)12-20(26)27)24(14-30-21(28)29-24)17-7-6-8-19(13-17)25-31-22(2,3)23(4,5)32-25/h6-11,13,20H,12,14H2,1-5H3,(H2,28,29). The molecule has 2 aliphatic heterocycles. The van der Waals surface area contributed by atoms with Crippen molar-refractivity contribution < 1.29 is 22.8 Å². The van der Waals surface area contributed by atoms with E-state index in [0.29, 0.717) is 5.56 Å². The minimum absolute atomic E-state index is 0.0975. The molecule has 2 N–H and O–H groups in total. The second-order valence-electron chi connectivity index (χ2n) is 9.55. The summed E-state index contributed by atoms with van der Waals surface area (Å²) in [6.45, 7) is 10.1. The quantitative estimate of drug-likeness (QED) is 0.718. The van der Waals surface area contributed by atoms with Gasteiger partial charge in [0.1, 0.15) is 12.1 Å². The van der Waals surface area contributed by atoms with Crippen LogP contribution >= 0.6 is 0 Å². The maximum absolute atomic E-state index is 12.9. The highest BCUT2D eigenvalue weighted by molar-refractivity contribution is 6.62. The number of benzene rings is 2. The first-order valence-corrected chi connectivity index (χ1v) is 10.8. The summed E-state index contributed by atoms with van der Waals surface area (Å²) in [6.07, 6.45) is -2.67.